The minimum Gasteiger partial charge on any atom is -0.325 e. The number of hydrogen-bond acceptors (Lipinski definition) is 2. The Balaban J connectivity index is 2.16. The Morgan fingerprint density at radius 2 is 2.25 bits per heavy atom. The molecule has 2 aromatic rings. The summed E-state index contributed by atoms with van der Waals surface area (Å²) in [5.74, 6) is 0. The lowest BCUT2D eigenvalue weighted by Crippen LogP contribution is -2.24. The van der Waals surface area contributed by atoms with Gasteiger partial charge in [-0.25, -0.2) is 0 Å². The van der Waals surface area contributed by atoms with E-state index in [9.17, 15) is 0 Å². The topological polar surface area (TPSA) is 43.8 Å². The summed E-state index contributed by atoms with van der Waals surface area (Å²) in [4.78, 5) is 0. The average Bonchev–Trinajstić information content (AvgIpc) is 2.87. The van der Waals surface area contributed by atoms with Crippen LogP contribution in [0.4, 0.5) is 0 Å². The molecular weight excluding hydrogens is 266 g/mol. The molecule has 84 valence electrons. The van der Waals surface area contributed by atoms with Gasteiger partial charge in [0.2, 0.25) is 0 Å². The maximum Gasteiger partial charge on any atom is 0.135 e. The second kappa shape index (κ2) is 3.31. The largest absolute Gasteiger partial charge is 0.325 e. The van der Waals surface area contributed by atoms with E-state index in [0.717, 1.165) is 23.9 Å². The molecule has 3 nitrogen and oxygen atoms in total. The van der Waals surface area contributed by atoms with Gasteiger partial charge in [-0.15, -0.1) is 0 Å². The van der Waals surface area contributed by atoms with Crippen molar-refractivity contribution in [3.05, 3.63) is 28.4 Å². The quantitative estimate of drug-likeness (QED) is 0.917. The minimum absolute atomic E-state index is 0.0467. The van der Waals surface area contributed by atoms with Crippen molar-refractivity contribution < 1.29 is 0 Å². The zero-order chi connectivity index (χ0) is 11.3. The van der Waals surface area contributed by atoms with Crippen molar-refractivity contribution in [2.45, 2.75) is 24.8 Å². The molecular formula is C12H14BrN3. The molecule has 0 aliphatic heterocycles. The number of rotatable bonds is 2. The predicted octanol–water partition coefficient (Wildman–Crippen LogP) is 2.37. The zero-order valence-corrected chi connectivity index (χ0v) is 10.8. The van der Waals surface area contributed by atoms with Crippen LogP contribution < -0.4 is 5.73 Å². The lowest BCUT2D eigenvalue weighted by Gasteiger charge is -2.10. The SMILES string of the molecule is Cn1nc(Br)c2cccc(CC3(N)CC3)c21. The Labute approximate surface area is 103 Å². The number of benzene rings is 1. The second-order valence-electron chi connectivity index (χ2n) is 4.77. The predicted molar refractivity (Wildman–Crippen MR) is 68.3 cm³/mol. The van der Waals surface area contributed by atoms with E-state index in [2.05, 4.69) is 39.2 Å². The molecule has 0 radical (unpaired) electrons. The summed E-state index contributed by atoms with van der Waals surface area (Å²) in [5, 5.41) is 5.56. The first-order valence-corrected chi connectivity index (χ1v) is 6.27. The second-order valence-corrected chi connectivity index (χ2v) is 5.52. The van der Waals surface area contributed by atoms with Gasteiger partial charge < -0.3 is 5.73 Å². The van der Waals surface area contributed by atoms with Crippen molar-refractivity contribution in [1.82, 2.24) is 9.78 Å². The van der Waals surface area contributed by atoms with Gasteiger partial charge in [0.15, 0.2) is 0 Å². The van der Waals surface area contributed by atoms with E-state index in [4.69, 9.17) is 5.73 Å². The summed E-state index contributed by atoms with van der Waals surface area (Å²) in [6.07, 6.45) is 3.24. The monoisotopic (exact) mass is 279 g/mol. The standard InChI is InChI=1S/C12H14BrN3/c1-16-10-8(7-12(14)5-6-12)3-2-4-9(10)11(13)15-16/h2-4H,5-7,14H2,1H3. The third kappa shape index (κ3) is 1.57. The van der Waals surface area contributed by atoms with Crippen LogP contribution in [0.2, 0.25) is 0 Å². The molecule has 1 aromatic carbocycles. The van der Waals surface area contributed by atoms with Crippen molar-refractivity contribution in [1.29, 1.82) is 0 Å². The summed E-state index contributed by atoms with van der Waals surface area (Å²) < 4.78 is 2.84. The van der Waals surface area contributed by atoms with E-state index in [-0.39, 0.29) is 5.54 Å². The number of aromatic nitrogens is 2. The van der Waals surface area contributed by atoms with Crippen LogP contribution in [0, 0.1) is 0 Å². The molecule has 0 bridgehead atoms. The number of hydrogen-bond donors (Lipinski definition) is 1. The molecule has 3 rings (SSSR count). The summed E-state index contributed by atoms with van der Waals surface area (Å²) in [6, 6.07) is 6.32. The van der Waals surface area contributed by atoms with Crippen molar-refractivity contribution >= 4 is 26.8 Å². The van der Waals surface area contributed by atoms with E-state index in [1.54, 1.807) is 0 Å². The third-order valence-corrected chi connectivity index (χ3v) is 3.92. The van der Waals surface area contributed by atoms with Crippen molar-refractivity contribution in [3.63, 3.8) is 0 Å². The van der Waals surface area contributed by atoms with E-state index in [1.807, 2.05) is 11.7 Å². The number of halogens is 1. The van der Waals surface area contributed by atoms with Crippen molar-refractivity contribution in [2.24, 2.45) is 12.8 Å². The molecule has 1 saturated carbocycles. The fourth-order valence-corrected chi connectivity index (χ4v) is 2.79. The van der Waals surface area contributed by atoms with Crippen LogP contribution in [0.1, 0.15) is 18.4 Å². The maximum atomic E-state index is 6.19. The highest BCUT2D eigenvalue weighted by Gasteiger charge is 2.38. The highest BCUT2D eigenvalue weighted by molar-refractivity contribution is 9.10. The van der Waals surface area contributed by atoms with Gasteiger partial charge in [-0.1, -0.05) is 18.2 Å². The molecule has 0 atom stereocenters. The Kier molecular flexibility index (Phi) is 2.13. The summed E-state index contributed by atoms with van der Waals surface area (Å²) in [5.41, 5.74) is 8.74. The van der Waals surface area contributed by atoms with Crippen LogP contribution in [0.3, 0.4) is 0 Å². The van der Waals surface area contributed by atoms with Crippen LogP contribution in [0.5, 0.6) is 0 Å². The highest BCUT2D eigenvalue weighted by atomic mass is 79.9. The van der Waals surface area contributed by atoms with Gasteiger partial charge in [0, 0.05) is 18.0 Å². The molecule has 0 amide bonds. The van der Waals surface area contributed by atoms with Gasteiger partial charge in [-0.3, -0.25) is 4.68 Å². The van der Waals surface area contributed by atoms with E-state index in [1.165, 1.54) is 16.5 Å². The molecule has 0 saturated heterocycles. The van der Waals surface area contributed by atoms with Crippen molar-refractivity contribution in [2.75, 3.05) is 0 Å². The Morgan fingerprint density at radius 3 is 2.94 bits per heavy atom. The Bertz CT molecular complexity index is 555. The molecule has 1 aliphatic rings. The molecule has 1 aromatic heterocycles. The first-order valence-electron chi connectivity index (χ1n) is 5.48. The maximum absolute atomic E-state index is 6.19. The Morgan fingerprint density at radius 1 is 1.50 bits per heavy atom. The van der Waals surface area contributed by atoms with Crippen LogP contribution in [-0.4, -0.2) is 15.3 Å². The molecule has 1 heterocycles. The first-order chi connectivity index (χ1) is 7.59. The van der Waals surface area contributed by atoms with Crippen molar-refractivity contribution in [3.8, 4) is 0 Å². The zero-order valence-electron chi connectivity index (χ0n) is 9.20. The van der Waals surface area contributed by atoms with Gasteiger partial charge >= 0.3 is 0 Å². The van der Waals surface area contributed by atoms with E-state index < -0.39 is 0 Å². The molecule has 16 heavy (non-hydrogen) atoms. The van der Waals surface area contributed by atoms with Gasteiger partial charge in [0.1, 0.15) is 4.60 Å². The first kappa shape index (κ1) is 10.3. The molecule has 0 unspecified atom stereocenters. The smallest absolute Gasteiger partial charge is 0.135 e. The molecule has 1 aliphatic carbocycles. The van der Waals surface area contributed by atoms with Gasteiger partial charge in [0.25, 0.3) is 0 Å². The molecule has 0 spiro atoms. The van der Waals surface area contributed by atoms with Crippen LogP contribution >= 0.6 is 15.9 Å². The summed E-state index contributed by atoms with van der Waals surface area (Å²) in [6.45, 7) is 0. The number of nitrogens with two attached hydrogens (primary N) is 1. The molecule has 1 fully saturated rings. The van der Waals surface area contributed by atoms with Crippen LogP contribution in [0.15, 0.2) is 22.8 Å². The fraction of sp³-hybridized carbons (Fsp3) is 0.417. The van der Waals surface area contributed by atoms with Crippen LogP contribution in [-0.2, 0) is 13.5 Å². The average molecular weight is 280 g/mol. The summed E-state index contributed by atoms with van der Waals surface area (Å²) in [7, 11) is 1.98. The van der Waals surface area contributed by atoms with Gasteiger partial charge in [-0.05, 0) is 40.8 Å². The fourth-order valence-electron chi connectivity index (χ4n) is 2.23. The van der Waals surface area contributed by atoms with Gasteiger partial charge in [-0.2, -0.15) is 5.10 Å². The number of aryl methyl sites for hydroxylation is 1. The minimum atomic E-state index is 0.0467. The van der Waals surface area contributed by atoms with Gasteiger partial charge in [0.05, 0.1) is 5.52 Å². The highest BCUT2D eigenvalue weighted by Crippen LogP contribution is 2.37. The lowest BCUT2D eigenvalue weighted by atomic mass is 10.0. The number of fused-ring (bicyclic) bond motifs is 1. The normalized spacial score (nSPS) is 17.9. The Hall–Kier alpha value is -0.870. The lowest BCUT2D eigenvalue weighted by molar-refractivity contribution is 0.670. The summed E-state index contributed by atoms with van der Waals surface area (Å²) >= 11 is 3.48. The molecule has 2 N–H and O–H groups in total. The molecule has 4 heteroatoms. The number of nitrogens with zero attached hydrogens (tertiary/aromatic N) is 2. The van der Waals surface area contributed by atoms with Crippen LogP contribution in [0.25, 0.3) is 10.9 Å². The third-order valence-electron chi connectivity index (χ3n) is 3.34. The van der Waals surface area contributed by atoms with E-state index >= 15 is 0 Å². The number of para-hydroxylation sites is 1. The van der Waals surface area contributed by atoms with E-state index in [0.29, 0.717) is 0 Å².